The van der Waals surface area contributed by atoms with Gasteiger partial charge in [-0.15, -0.1) is 0 Å². The molecule has 0 radical (unpaired) electrons. The van der Waals surface area contributed by atoms with Gasteiger partial charge in [-0.3, -0.25) is 4.79 Å². The van der Waals surface area contributed by atoms with Crippen LogP contribution in [0.15, 0.2) is 41.5 Å². The molecule has 0 saturated heterocycles. The molecule has 0 aliphatic heterocycles. The van der Waals surface area contributed by atoms with Gasteiger partial charge in [0, 0.05) is 11.6 Å². The molecule has 132 valence electrons. The van der Waals surface area contributed by atoms with Gasteiger partial charge in [0.05, 0.1) is 6.21 Å². The molecule has 1 amide bonds. The summed E-state index contributed by atoms with van der Waals surface area (Å²) < 4.78 is 31.8. The van der Waals surface area contributed by atoms with Gasteiger partial charge in [0.2, 0.25) is 0 Å². The molecule has 0 unspecified atom stereocenters. The first-order chi connectivity index (χ1) is 11.9. The van der Waals surface area contributed by atoms with E-state index < -0.39 is 17.5 Å². The van der Waals surface area contributed by atoms with Crippen molar-refractivity contribution in [3.8, 4) is 5.75 Å². The summed E-state index contributed by atoms with van der Waals surface area (Å²) in [5.41, 5.74) is 4.37. The Hall–Kier alpha value is -2.76. The van der Waals surface area contributed by atoms with Crippen molar-refractivity contribution < 1.29 is 18.3 Å². The van der Waals surface area contributed by atoms with Crippen LogP contribution in [-0.4, -0.2) is 18.7 Å². The Morgan fingerprint density at radius 3 is 2.68 bits per heavy atom. The van der Waals surface area contributed by atoms with E-state index >= 15 is 0 Å². The molecule has 0 atom stereocenters. The normalized spacial score (nSPS) is 11.1. The number of carbonyl (C=O) groups is 1. The summed E-state index contributed by atoms with van der Waals surface area (Å²) in [6.45, 7) is 5.81. The van der Waals surface area contributed by atoms with E-state index in [0.717, 1.165) is 29.5 Å². The van der Waals surface area contributed by atoms with Gasteiger partial charge < -0.3 is 4.74 Å². The molecule has 2 aromatic carbocycles. The van der Waals surface area contributed by atoms with Gasteiger partial charge in [-0.2, -0.15) is 5.10 Å². The smallest absolute Gasteiger partial charge is 0.277 e. The first-order valence-electron chi connectivity index (χ1n) is 7.87. The van der Waals surface area contributed by atoms with E-state index in [2.05, 4.69) is 10.5 Å². The molecule has 25 heavy (non-hydrogen) atoms. The number of carbonyl (C=O) groups excluding carboxylic acids is 1. The zero-order valence-corrected chi connectivity index (χ0v) is 14.3. The highest BCUT2D eigenvalue weighted by molar-refractivity contribution is 5.83. The quantitative estimate of drug-likeness (QED) is 0.636. The van der Waals surface area contributed by atoms with E-state index in [1.807, 2.05) is 39.0 Å². The van der Waals surface area contributed by atoms with Gasteiger partial charge in [-0.25, -0.2) is 14.2 Å². The van der Waals surface area contributed by atoms with Gasteiger partial charge in [-0.1, -0.05) is 26.0 Å². The number of hydrogen-bond donors (Lipinski definition) is 1. The summed E-state index contributed by atoms with van der Waals surface area (Å²) >= 11 is 0. The minimum Gasteiger partial charge on any atom is -0.483 e. The van der Waals surface area contributed by atoms with Crippen molar-refractivity contribution in [2.24, 2.45) is 5.10 Å². The third-order valence-electron chi connectivity index (χ3n) is 3.51. The van der Waals surface area contributed by atoms with Crippen LogP contribution in [0.4, 0.5) is 8.78 Å². The third kappa shape index (κ3) is 5.38. The molecule has 0 aliphatic rings. The number of hydrogen-bond acceptors (Lipinski definition) is 3. The summed E-state index contributed by atoms with van der Waals surface area (Å²) in [5.74, 6) is -0.992. The van der Waals surface area contributed by atoms with Crippen molar-refractivity contribution in [3.63, 3.8) is 0 Å². The fourth-order valence-corrected chi connectivity index (χ4v) is 2.20. The summed E-state index contributed by atoms with van der Waals surface area (Å²) in [6, 6.07) is 8.93. The molecule has 2 rings (SSSR count). The Bertz CT molecular complexity index is 789. The first kappa shape index (κ1) is 18.6. The second kappa shape index (κ2) is 8.37. The monoisotopic (exact) mass is 346 g/mol. The van der Waals surface area contributed by atoms with E-state index in [1.54, 1.807) is 0 Å². The molecule has 0 saturated carbocycles. The number of ether oxygens (including phenoxy) is 1. The fraction of sp³-hybridized carbons (Fsp3) is 0.263. The van der Waals surface area contributed by atoms with Crippen LogP contribution >= 0.6 is 0 Å². The SMILES string of the molecule is Cc1ccc(C(C)C)c(OCC(=O)N/N=C/c2ccc(F)cc2F)c1. The molecule has 0 fully saturated rings. The van der Waals surface area contributed by atoms with Crippen molar-refractivity contribution in [2.45, 2.75) is 26.7 Å². The van der Waals surface area contributed by atoms with Crippen molar-refractivity contribution >= 4 is 12.1 Å². The molecule has 2 aromatic rings. The molecule has 1 N–H and O–H groups in total. The lowest BCUT2D eigenvalue weighted by Gasteiger charge is -2.14. The molecule has 0 bridgehead atoms. The van der Waals surface area contributed by atoms with Gasteiger partial charge in [-0.05, 0) is 42.2 Å². The Morgan fingerprint density at radius 1 is 1.24 bits per heavy atom. The second-order valence-electron chi connectivity index (χ2n) is 5.94. The highest BCUT2D eigenvalue weighted by Crippen LogP contribution is 2.27. The predicted molar refractivity (Wildman–Crippen MR) is 92.9 cm³/mol. The average molecular weight is 346 g/mol. The lowest BCUT2D eigenvalue weighted by molar-refractivity contribution is -0.123. The Labute approximate surface area is 145 Å². The third-order valence-corrected chi connectivity index (χ3v) is 3.51. The number of rotatable bonds is 6. The van der Waals surface area contributed by atoms with Crippen LogP contribution in [0.2, 0.25) is 0 Å². The Balaban J connectivity index is 1.93. The Kier molecular flexibility index (Phi) is 6.22. The van der Waals surface area contributed by atoms with Gasteiger partial charge in [0.25, 0.3) is 5.91 Å². The van der Waals surface area contributed by atoms with Crippen LogP contribution in [0, 0.1) is 18.6 Å². The number of hydrazone groups is 1. The molecular formula is C19H20F2N2O2. The van der Waals surface area contributed by atoms with E-state index in [-0.39, 0.29) is 18.1 Å². The number of benzene rings is 2. The summed E-state index contributed by atoms with van der Waals surface area (Å²) in [6.07, 6.45) is 1.11. The fourth-order valence-electron chi connectivity index (χ4n) is 2.20. The first-order valence-corrected chi connectivity index (χ1v) is 7.87. The summed E-state index contributed by atoms with van der Waals surface area (Å²) in [4.78, 5) is 11.8. The maximum absolute atomic E-state index is 13.4. The second-order valence-corrected chi connectivity index (χ2v) is 5.94. The molecule has 0 heterocycles. The standard InChI is InChI=1S/C19H20F2N2O2/c1-12(2)16-7-4-13(3)8-18(16)25-11-19(24)23-22-10-14-5-6-15(20)9-17(14)21/h4-10,12H,11H2,1-3H3,(H,23,24)/b22-10+. The van der Waals surface area contributed by atoms with E-state index in [4.69, 9.17) is 4.74 Å². The largest absolute Gasteiger partial charge is 0.483 e. The number of nitrogens with one attached hydrogen (secondary N) is 1. The highest BCUT2D eigenvalue weighted by atomic mass is 19.1. The van der Waals surface area contributed by atoms with Crippen LogP contribution in [0.1, 0.15) is 36.5 Å². The van der Waals surface area contributed by atoms with Crippen LogP contribution in [-0.2, 0) is 4.79 Å². The molecule has 0 aromatic heterocycles. The van der Waals surface area contributed by atoms with Crippen molar-refractivity contribution in [1.29, 1.82) is 0 Å². The maximum atomic E-state index is 13.4. The van der Waals surface area contributed by atoms with Gasteiger partial charge >= 0.3 is 0 Å². The van der Waals surface area contributed by atoms with Crippen molar-refractivity contribution in [3.05, 3.63) is 64.7 Å². The molecular weight excluding hydrogens is 326 g/mol. The van der Waals surface area contributed by atoms with E-state index in [1.165, 1.54) is 6.07 Å². The zero-order valence-electron chi connectivity index (χ0n) is 14.3. The zero-order chi connectivity index (χ0) is 18.4. The summed E-state index contributed by atoms with van der Waals surface area (Å²) in [7, 11) is 0. The molecule has 0 aliphatic carbocycles. The lowest BCUT2D eigenvalue weighted by atomic mass is 10.0. The van der Waals surface area contributed by atoms with E-state index in [9.17, 15) is 13.6 Å². The van der Waals surface area contributed by atoms with E-state index in [0.29, 0.717) is 5.75 Å². The highest BCUT2D eigenvalue weighted by Gasteiger charge is 2.10. The van der Waals surface area contributed by atoms with Crippen LogP contribution < -0.4 is 10.2 Å². The van der Waals surface area contributed by atoms with Gasteiger partial charge in [0.1, 0.15) is 17.4 Å². The molecule has 6 heteroatoms. The topological polar surface area (TPSA) is 50.7 Å². The van der Waals surface area contributed by atoms with Crippen molar-refractivity contribution in [1.82, 2.24) is 5.43 Å². The van der Waals surface area contributed by atoms with Gasteiger partial charge in [0.15, 0.2) is 6.61 Å². The number of aryl methyl sites for hydroxylation is 1. The predicted octanol–water partition coefficient (Wildman–Crippen LogP) is 3.93. The van der Waals surface area contributed by atoms with Crippen LogP contribution in [0.5, 0.6) is 5.75 Å². The number of nitrogens with zero attached hydrogens (tertiary/aromatic N) is 1. The molecule has 0 spiro atoms. The average Bonchev–Trinajstić information content (AvgIpc) is 2.54. The summed E-state index contributed by atoms with van der Waals surface area (Å²) in [5, 5.41) is 3.65. The molecule has 4 nitrogen and oxygen atoms in total. The Morgan fingerprint density at radius 2 is 2.00 bits per heavy atom. The van der Waals surface area contributed by atoms with Crippen molar-refractivity contribution in [2.75, 3.05) is 6.61 Å². The minimum absolute atomic E-state index is 0.0726. The lowest BCUT2D eigenvalue weighted by Crippen LogP contribution is -2.25. The minimum atomic E-state index is -0.754. The van der Waals surface area contributed by atoms with Crippen LogP contribution in [0.25, 0.3) is 0 Å². The number of halogens is 2. The van der Waals surface area contributed by atoms with Crippen LogP contribution in [0.3, 0.4) is 0 Å². The number of amides is 1. The maximum Gasteiger partial charge on any atom is 0.277 e.